The molecule has 6 nitrogen and oxygen atoms in total. The zero-order valence-corrected chi connectivity index (χ0v) is 19.3. The standard InChI is InChI=1S/C25H31ClN4O2/c1-28-16-18-10-13-30(23(18)17-28)22-8-6-21(7-9-22)27-24(31)29-14-11-25(32,12-15-29)19-2-4-20(26)5-3-19/h2-9,18,23,32H,10-17H2,1H3,(H,27,31)/t18-,23+/m1/s1. The first-order valence-electron chi connectivity index (χ1n) is 11.5. The Labute approximate surface area is 194 Å². The molecule has 3 aliphatic rings. The minimum absolute atomic E-state index is 0.116. The van der Waals surface area contributed by atoms with Crippen molar-refractivity contribution in [2.75, 3.05) is 50.0 Å². The molecule has 0 bridgehead atoms. The van der Waals surface area contributed by atoms with Crippen molar-refractivity contribution in [2.45, 2.75) is 30.9 Å². The summed E-state index contributed by atoms with van der Waals surface area (Å²) in [6.07, 6.45) is 2.27. The Morgan fingerprint density at radius 2 is 1.72 bits per heavy atom. The van der Waals surface area contributed by atoms with Gasteiger partial charge in [0.15, 0.2) is 0 Å². The highest BCUT2D eigenvalue weighted by Crippen LogP contribution is 2.35. The van der Waals surface area contributed by atoms with E-state index in [9.17, 15) is 9.90 Å². The Morgan fingerprint density at radius 3 is 2.41 bits per heavy atom. The number of likely N-dealkylation sites (tertiary alicyclic amines) is 2. The van der Waals surface area contributed by atoms with Gasteiger partial charge in [-0.05, 0) is 74.2 Å². The molecule has 0 radical (unpaired) electrons. The van der Waals surface area contributed by atoms with Crippen LogP contribution in [0.25, 0.3) is 0 Å². The molecule has 2 aromatic carbocycles. The number of aliphatic hydroxyl groups is 1. The van der Waals surface area contributed by atoms with Crippen LogP contribution >= 0.6 is 11.6 Å². The first-order chi connectivity index (χ1) is 15.4. The topological polar surface area (TPSA) is 59.0 Å². The third-order valence-electron chi connectivity index (χ3n) is 7.44. The average molecular weight is 455 g/mol. The van der Waals surface area contributed by atoms with Crippen LogP contribution in [0.4, 0.5) is 16.2 Å². The fourth-order valence-electron chi connectivity index (χ4n) is 5.56. The van der Waals surface area contributed by atoms with E-state index in [2.05, 4.69) is 34.3 Å². The maximum atomic E-state index is 12.8. The quantitative estimate of drug-likeness (QED) is 0.736. The SMILES string of the molecule is CN1C[C@H]2CCN(c3ccc(NC(=O)N4CCC(O)(c5ccc(Cl)cc5)CC4)cc3)[C@H]2C1. The van der Waals surface area contributed by atoms with E-state index >= 15 is 0 Å². The van der Waals surface area contributed by atoms with Gasteiger partial charge in [0.1, 0.15) is 0 Å². The van der Waals surface area contributed by atoms with Gasteiger partial charge in [0.25, 0.3) is 0 Å². The third kappa shape index (κ3) is 4.19. The second-order valence-electron chi connectivity index (χ2n) is 9.53. The molecule has 2 N–H and O–H groups in total. The second-order valence-corrected chi connectivity index (χ2v) is 9.97. The normalized spacial score (nSPS) is 25.1. The van der Waals surface area contributed by atoms with Crippen molar-refractivity contribution in [3.05, 3.63) is 59.1 Å². The summed E-state index contributed by atoms with van der Waals surface area (Å²) in [7, 11) is 2.20. The molecule has 5 rings (SSSR count). The zero-order valence-electron chi connectivity index (χ0n) is 18.5. The Balaban J connectivity index is 1.17. The van der Waals surface area contributed by atoms with E-state index in [1.807, 2.05) is 24.3 Å². The van der Waals surface area contributed by atoms with Gasteiger partial charge in [-0.15, -0.1) is 0 Å². The summed E-state index contributed by atoms with van der Waals surface area (Å²) >= 11 is 5.97. The molecular weight excluding hydrogens is 424 g/mol. The molecule has 3 aliphatic heterocycles. The molecule has 0 saturated carbocycles. The van der Waals surface area contributed by atoms with Crippen LogP contribution in [-0.4, -0.2) is 66.8 Å². The number of piperidine rings is 1. The molecule has 32 heavy (non-hydrogen) atoms. The minimum Gasteiger partial charge on any atom is -0.385 e. The van der Waals surface area contributed by atoms with E-state index in [-0.39, 0.29) is 6.03 Å². The molecule has 0 unspecified atom stereocenters. The van der Waals surface area contributed by atoms with Crippen molar-refractivity contribution in [1.29, 1.82) is 0 Å². The number of rotatable bonds is 3. The predicted octanol–water partition coefficient (Wildman–Crippen LogP) is 4.00. The smallest absolute Gasteiger partial charge is 0.321 e. The number of fused-ring (bicyclic) bond motifs is 1. The first-order valence-corrected chi connectivity index (χ1v) is 11.9. The number of amides is 2. The van der Waals surface area contributed by atoms with Gasteiger partial charge >= 0.3 is 6.03 Å². The Bertz CT molecular complexity index is 957. The lowest BCUT2D eigenvalue weighted by Gasteiger charge is -2.38. The summed E-state index contributed by atoms with van der Waals surface area (Å²) in [4.78, 5) is 19.5. The maximum Gasteiger partial charge on any atom is 0.321 e. The molecule has 3 saturated heterocycles. The fraction of sp³-hybridized carbons (Fsp3) is 0.480. The monoisotopic (exact) mass is 454 g/mol. The Kier molecular flexibility index (Phi) is 5.78. The number of hydrogen-bond donors (Lipinski definition) is 2. The van der Waals surface area contributed by atoms with Crippen LogP contribution in [0, 0.1) is 5.92 Å². The molecule has 2 atom stereocenters. The zero-order chi connectivity index (χ0) is 22.3. The van der Waals surface area contributed by atoms with Crippen LogP contribution in [0.1, 0.15) is 24.8 Å². The van der Waals surface area contributed by atoms with Gasteiger partial charge in [0.05, 0.1) is 5.60 Å². The molecule has 0 aliphatic carbocycles. The number of hydrogen-bond acceptors (Lipinski definition) is 4. The van der Waals surface area contributed by atoms with Gasteiger partial charge < -0.3 is 25.1 Å². The molecule has 3 heterocycles. The lowest BCUT2D eigenvalue weighted by Crippen LogP contribution is -2.46. The lowest BCUT2D eigenvalue weighted by atomic mass is 9.84. The highest BCUT2D eigenvalue weighted by molar-refractivity contribution is 6.30. The second kappa shape index (κ2) is 8.58. The highest BCUT2D eigenvalue weighted by Gasteiger charge is 2.40. The number of likely N-dealkylation sites (N-methyl/N-ethyl adjacent to an activating group) is 1. The van der Waals surface area contributed by atoms with Crippen molar-refractivity contribution in [2.24, 2.45) is 5.92 Å². The summed E-state index contributed by atoms with van der Waals surface area (Å²) < 4.78 is 0. The largest absolute Gasteiger partial charge is 0.385 e. The molecule has 2 amide bonds. The van der Waals surface area contributed by atoms with Crippen molar-refractivity contribution in [3.63, 3.8) is 0 Å². The van der Waals surface area contributed by atoms with Crippen molar-refractivity contribution < 1.29 is 9.90 Å². The number of benzene rings is 2. The predicted molar refractivity (Wildman–Crippen MR) is 128 cm³/mol. The van der Waals surface area contributed by atoms with Gasteiger partial charge in [-0.2, -0.15) is 0 Å². The average Bonchev–Trinajstić information content (AvgIpc) is 3.34. The van der Waals surface area contributed by atoms with Crippen molar-refractivity contribution >= 4 is 29.0 Å². The fourth-order valence-corrected chi connectivity index (χ4v) is 5.69. The number of carbonyl (C=O) groups excluding carboxylic acids is 1. The van der Waals surface area contributed by atoms with Crippen LogP contribution in [0.5, 0.6) is 0 Å². The Morgan fingerprint density at radius 1 is 1.03 bits per heavy atom. The van der Waals surface area contributed by atoms with Crippen LogP contribution in [0.15, 0.2) is 48.5 Å². The first kappa shape index (κ1) is 21.6. The molecule has 7 heteroatoms. The molecule has 2 aromatic rings. The third-order valence-corrected chi connectivity index (χ3v) is 7.69. The van der Waals surface area contributed by atoms with Gasteiger partial charge in [-0.1, -0.05) is 23.7 Å². The van der Waals surface area contributed by atoms with E-state index in [1.165, 1.54) is 18.7 Å². The van der Waals surface area contributed by atoms with E-state index in [4.69, 9.17) is 11.6 Å². The van der Waals surface area contributed by atoms with E-state index < -0.39 is 5.60 Å². The summed E-state index contributed by atoms with van der Waals surface area (Å²) in [6, 6.07) is 16.0. The van der Waals surface area contributed by atoms with Crippen LogP contribution in [0.2, 0.25) is 5.02 Å². The summed E-state index contributed by atoms with van der Waals surface area (Å²) in [5, 5.41) is 14.7. The number of halogens is 1. The number of nitrogens with one attached hydrogen (secondary N) is 1. The number of anilines is 2. The van der Waals surface area contributed by atoms with E-state index in [1.54, 1.807) is 17.0 Å². The van der Waals surface area contributed by atoms with E-state index in [0.717, 1.165) is 30.3 Å². The molecule has 170 valence electrons. The summed E-state index contributed by atoms with van der Waals surface area (Å²) in [6.45, 7) is 4.44. The van der Waals surface area contributed by atoms with Crippen LogP contribution < -0.4 is 10.2 Å². The number of urea groups is 1. The number of carbonyl (C=O) groups is 1. The molecule has 0 spiro atoms. The Hall–Kier alpha value is -2.28. The van der Waals surface area contributed by atoms with Gasteiger partial charge in [0, 0.05) is 55.2 Å². The summed E-state index contributed by atoms with van der Waals surface area (Å²) in [5.41, 5.74) is 1.98. The van der Waals surface area contributed by atoms with E-state index in [0.29, 0.717) is 37.0 Å². The molecule has 0 aromatic heterocycles. The summed E-state index contributed by atoms with van der Waals surface area (Å²) in [5.74, 6) is 0.769. The maximum absolute atomic E-state index is 12.8. The van der Waals surface area contributed by atoms with Crippen LogP contribution in [-0.2, 0) is 5.60 Å². The number of nitrogens with zero attached hydrogens (tertiary/aromatic N) is 3. The van der Waals surface area contributed by atoms with Crippen LogP contribution in [0.3, 0.4) is 0 Å². The molecule has 3 fully saturated rings. The minimum atomic E-state index is -0.912. The van der Waals surface area contributed by atoms with Gasteiger partial charge in [0.2, 0.25) is 0 Å². The lowest BCUT2D eigenvalue weighted by molar-refractivity contribution is -0.0156. The van der Waals surface area contributed by atoms with Gasteiger partial charge in [-0.25, -0.2) is 4.79 Å². The molecular formula is C25H31ClN4O2. The van der Waals surface area contributed by atoms with Crippen molar-refractivity contribution in [3.8, 4) is 0 Å². The van der Waals surface area contributed by atoms with Crippen molar-refractivity contribution in [1.82, 2.24) is 9.80 Å². The van der Waals surface area contributed by atoms with Gasteiger partial charge in [-0.3, -0.25) is 0 Å². The highest BCUT2D eigenvalue weighted by atomic mass is 35.5.